The Bertz CT molecular complexity index is 581. The normalized spacial score (nSPS) is 12.1. The van der Waals surface area contributed by atoms with Crippen molar-refractivity contribution in [1.82, 2.24) is 10.3 Å². The van der Waals surface area contributed by atoms with E-state index in [4.69, 9.17) is 0 Å². The monoisotopic (exact) mass is 310 g/mol. The van der Waals surface area contributed by atoms with Gasteiger partial charge in [0.15, 0.2) is 0 Å². The molecule has 23 heavy (non-hydrogen) atoms. The minimum atomic E-state index is 0.138. The Kier molecular flexibility index (Phi) is 6.79. The van der Waals surface area contributed by atoms with Gasteiger partial charge in [0.2, 0.25) is 5.91 Å². The van der Waals surface area contributed by atoms with Gasteiger partial charge in [-0.1, -0.05) is 50.2 Å². The maximum absolute atomic E-state index is 12.2. The molecule has 1 amide bonds. The highest BCUT2D eigenvalue weighted by atomic mass is 16.1. The van der Waals surface area contributed by atoms with E-state index in [0.717, 1.165) is 12.8 Å². The van der Waals surface area contributed by atoms with Gasteiger partial charge >= 0.3 is 0 Å². The zero-order valence-electron chi connectivity index (χ0n) is 14.0. The van der Waals surface area contributed by atoms with Crippen LogP contribution in [0.5, 0.6) is 0 Å². The Hall–Kier alpha value is -2.16. The van der Waals surface area contributed by atoms with E-state index in [1.807, 2.05) is 30.5 Å². The molecule has 2 aromatic rings. The predicted octanol–water partition coefficient (Wildman–Crippen LogP) is 3.96. The minimum Gasteiger partial charge on any atom is -0.356 e. The van der Waals surface area contributed by atoms with Crippen LogP contribution in [0.1, 0.15) is 43.7 Å². The molecule has 1 aromatic carbocycles. The number of hydrogen-bond donors (Lipinski definition) is 1. The number of nitrogens with one attached hydrogen (secondary N) is 1. The van der Waals surface area contributed by atoms with Crippen molar-refractivity contribution in [1.29, 1.82) is 0 Å². The summed E-state index contributed by atoms with van der Waals surface area (Å²) in [4.78, 5) is 16.3. The minimum absolute atomic E-state index is 0.138. The predicted molar refractivity (Wildman–Crippen MR) is 94.2 cm³/mol. The lowest BCUT2D eigenvalue weighted by Gasteiger charge is -2.21. The van der Waals surface area contributed by atoms with Crippen molar-refractivity contribution in [3.05, 3.63) is 66.0 Å². The van der Waals surface area contributed by atoms with Gasteiger partial charge in [0.1, 0.15) is 0 Å². The van der Waals surface area contributed by atoms with Crippen LogP contribution >= 0.6 is 0 Å². The number of aryl methyl sites for hydroxylation is 1. The zero-order valence-corrected chi connectivity index (χ0v) is 14.0. The maximum atomic E-state index is 12.2. The molecule has 0 aliphatic carbocycles. The van der Waals surface area contributed by atoms with Gasteiger partial charge in [-0.25, -0.2) is 0 Å². The quantitative estimate of drug-likeness (QED) is 0.750. The van der Waals surface area contributed by atoms with E-state index in [1.165, 1.54) is 11.1 Å². The van der Waals surface area contributed by atoms with Gasteiger partial charge < -0.3 is 5.32 Å². The van der Waals surface area contributed by atoms with Crippen molar-refractivity contribution in [2.24, 2.45) is 5.92 Å². The Balaban J connectivity index is 1.76. The van der Waals surface area contributed by atoms with Crippen LogP contribution in [0, 0.1) is 5.92 Å². The van der Waals surface area contributed by atoms with Crippen LogP contribution < -0.4 is 5.32 Å². The first-order chi connectivity index (χ1) is 11.2. The third kappa shape index (κ3) is 5.85. The lowest BCUT2D eigenvalue weighted by atomic mass is 9.85. The first kappa shape index (κ1) is 17.2. The third-order valence-electron chi connectivity index (χ3n) is 4.12. The second-order valence-electron chi connectivity index (χ2n) is 6.28. The van der Waals surface area contributed by atoms with Crippen LogP contribution in [-0.4, -0.2) is 17.4 Å². The Morgan fingerprint density at radius 2 is 1.91 bits per heavy atom. The van der Waals surface area contributed by atoms with Gasteiger partial charge in [0.05, 0.1) is 0 Å². The highest BCUT2D eigenvalue weighted by molar-refractivity contribution is 5.76. The van der Waals surface area contributed by atoms with Crippen LogP contribution in [0.4, 0.5) is 0 Å². The van der Waals surface area contributed by atoms with Gasteiger partial charge in [0, 0.05) is 25.4 Å². The average Bonchev–Trinajstić information content (AvgIpc) is 2.58. The fourth-order valence-corrected chi connectivity index (χ4v) is 2.78. The van der Waals surface area contributed by atoms with Gasteiger partial charge in [-0.15, -0.1) is 0 Å². The van der Waals surface area contributed by atoms with Crippen molar-refractivity contribution in [2.45, 2.75) is 39.0 Å². The van der Waals surface area contributed by atoms with Crippen molar-refractivity contribution in [2.75, 3.05) is 6.54 Å². The summed E-state index contributed by atoms with van der Waals surface area (Å²) < 4.78 is 0. The van der Waals surface area contributed by atoms with Crippen molar-refractivity contribution in [3.63, 3.8) is 0 Å². The number of carbonyl (C=O) groups excluding carboxylic acids is 1. The zero-order chi connectivity index (χ0) is 16.5. The molecule has 0 saturated heterocycles. The van der Waals surface area contributed by atoms with Crippen LogP contribution in [0.2, 0.25) is 0 Å². The molecule has 3 nitrogen and oxygen atoms in total. The van der Waals surface area contributed by atoms with Crippen molar-refractivity contribution >= 4 is 5.91 Å². The highest BCUT2D eigenvalue weighted by Gasteiger charge is 2.19. The summed E-state index contributed by atoms with van der Waals surface area (Å²) in [6.45, 7) is 5.06. The first-order valence-corrected chi connectivity index (χ1v) is 8.37. The molecule has 0 radical (unpaired) electrons. The van der Waals surface area contributed by atoms with E-state index in [9.17, 15) is 4.79 Å². The fraction of sp³-hybridized carbons (Fsp3) is 0.400. The molecular weight excluding hydrogens is 284 g/mol. The van der Waals surface area contributed by atoms with E-state index in [1.54, 1.807) is 6.20 Å². The number of amides is 1. The summed E-state index contributed by atoms with van der Waals surface area (Å²) in [7, 11) is 0. The molecule has 0 aliphatic rings. The van der Waals surface area contributed by atoms with E-state index < -0.39 is 0 Å². The molecule has 1 aromatic heterocycles. The largest absolute Gasteiger partial charge is 0.356 e. The Morgan fingerprint density at radius 3 is 2.57 bits per heavy atom. The molecule has 0 fully saturated rings. The number of benzene rings is 1. The second-order valence-corrected chi connectivity index (χ2v) is 6.28. The Labute approximate surface area is 139 Å². The summed E-state index contributed by atoms with van der Waals surface area (Å²) in [6, 6.07) is 14.3. The van der Waals surface area contributed by atoms with Gasteiger partial charge in [-0.2, -0.15) is 0 Å². The number of hydrogen-bond acceptors (Lipinski definition) is 2. The number of aromatic nitrogens is 1. The van der Waals surface area contributed by atoms with E-state index in [0.29, 0.717) is 18.9 Å². The molecule has 2 rings (SSSR count). The standard InChI is InChI=1S/C20H26N2O/c1-16(2)19(18-10-4-3-5-11-18)14-20(23)22-13-7-9-17-8-6-12-21-15-17/h3-6,8,10-12,15-16,19H,7,9,13-14H2,1-2H3,(H,22,23). The number of rotatable bonds is 8. The van der Waals surface area contributed by atoms with Gasteiger partial charge in [-0.05, 0) is 41.9 Å². The molecule has 0 aliphatic heterocycles. The van der Waals surface area contributed by atoms with Crippen LogP contribution in [-0.2, 0) is 11.2 Å². The van der Waals surface area contributed by atoms with Crippen molar-refractivity contribution < 1.29 is 4.79 Å². The summed E-state index contributed by atoms with van der Waals surface area (Å²) in [6.07, 6.45) is 6.09. The molecule has 122 valence electrons. The third-order valence-corrected chi connectivity index (χ3v) is 4.12. The molecular formula is C20H26N2O. The lowest BCUT2D eigenvalue weighted by molar-refractivity contribution is -0.121. The summed E-state index contributed by atoms with van der Waals surface area (Å²) in [5.74, 6) is 0.854. The van der Waals surface area contributed by atoms with E-state index in [2.05, 4.69) is 42.3 Å². The van der Waals surface area contributed by atoms with E-state index >= 15 is 0 Å². The first-order valence-electron chi connectivity index (χ1n) is 8.37. The smallest absolute Gasteiger partial charge is 0.220 e. The topological polar surface area (TPSA) is 42.0 Å². The van der Waals surface area contributed by atoms with Crippen LogP contribution in [0.25, 0.3) is 0 Å². The fourth-order valence-electron chi connectivity index (χ4n) is 2.78. The van der Waals surface area contributed by atoms with Gasteiger partial charge in [-0.3, -0.25) is 9.78 Å². The van der Waals surface area contributed by atoms with Crippen LogP contribution in [0.15, 0.2) is 54.9 Å². The maximum Gasteiger partial charge on any atom is 0.220 e. The van der Waals surface area contributed by atoms with E-state index in [-0.39, 0.29) is 11.8 Å². The van der Waals surface area contributed by atoms with Crippen LogP contribution in [0.3, 0.4) is 0 Å². The summed E-state index contributed by atoms with van der Waals surface area (Å²) in [5.41, 5.74) is 2.46. The SMILES string of the molecule is CC(C)C(CC(=O)NCCCc1cccnc1)c1ccccc1. The second kappa shape index (κ2) is 9.09. The molecule has 0 saturated carbocycles. The molecule has 0 spiro atoms. The number of nitrogens with zero attached hydrogens (tertiary/aromatic N) is 1. The average molecular weight is 310 g/mol. The number of pyridine rings is 1. The molecule has 1 heterocycles. The number of carbonyl (C=O) groups is 1. The molecule has 0 bridgehead atoms. The molecule has 1 unspecified atom stereocenters. The summed E-state index contributed by atoms with van der Waals surface area (Å²) >= 11 is 0. The lowest BCUT2D eigenvalue weighted by Crippen LogP contribution is -2.27. The Morgan fingerprint density at radius 1 is 1.13 bits per heavy atom. The van der Waals surface area contributed by atoms with Gasteiger partial charge in [0.25, 0.3) is 0 Å². The highest BCUT2D eigenvalue weighted by Crippen LogP contribution is 2.27. The molecule has 1 atom stereocenters. The summed E-state index contributed by atoms with van der Waals surface area (Å²) in [5, 5.41) is 3.05. The van der Waals surface area contributed by atoms with Crippen molar-refractivity contribution in [3.8, 4) is 0 Å². The molecule has 1 N–H and O–H groups in total. The molecule has 3 heteroatoms.